The second kappa shape index (κ2) is 7.16. The van der Waals surface area contributed by atoms with Crippen molar-refractivity contribution in [2.75, 3.05) is 0 Å². The van der Waals surface area contributed by atoms with E-state index in [1.54, 1.807) is 20.8 Å². The maximum absolute atomic E-state index is 12.7. The van der Waals surface area contributed by atoms with Crippen LogP contribution < -0.4 is 0 Å². The molecule has 2 amide bonds. The van der Waals surface area contributed by atoms with Gasteiger partial charge in [-0.1, -0.05) is 41.5 Å². The first-order valence-corrected chi connectivity index (χ1v) is 11.6. The number of ether oxygens (including phenoxy) is 1. The van der Waals surface area contributed by atoms with Gasteiger partial charge in [-0.25, -0.2) is 9.69 Å². The number of β-lactam (4-membered cyclic amide) rings is 1. The van der Waals surface area contributed by atoms with Crippen LogP contribution in [0.5, 0.6) is 0 Å². The number of hydrogen-bond acceptors (Lipinski definition) is 4. The highest BCUT2D eigenvalue weighted by Gasteiger charge is 2.59. The normalized spacial score (nSPS) is 22.4. The molecule has 0 radical (unpaired) electrons. The van der Waals surface area contributed by atoms with Crippen molar-refractivity contribution in [3.8, 4) is 0 Å². The average Bonchev–Trinajstić information content (AvgIpc) is 2.43. The first kappa shape index (κ1) is 21.2. The number of rotatable bonds is 5. The van der Waals surface area contributed by atoms with Gasteiger partial charge in [-0.2, -0.15) is 0 Å². The van der Waals surface area contributed by atoms with Crippen LogP contribution in [0.25, 0.3) is 0 Å². The Balaban J connectivity index is 3.05. The number of imide groups is 1. The van der Waals surface area contributed by atoms with Crippen molar-refractivity contribution < 1.29 is 18.8 Å². The average molecular weight is 358 g/mol. The maximum atomic E-state index is 12.7. The van der Waals surface area contributed by atoms with Gasteiger partial charge in [-0.05, 0) is 44.3 Å². The van der Waals surface area contributed by atoms with E-state index in [1.807, 2.05) is 20.8 Å². The smallest absolute Gasteiger partial charge is 0.417 e. The number of carbonyl (C=O) groups excluding carboxylic acids is 2. The Hall–Kier alpha value is -0.883. The summed E-state index contributed by atoms with van der Waals surface area (Å²) in [5, 5.41) is 0. The summed E-state index contributed by atoms with van der Waals surface area (Å²) in [6, 6.07) is 2.66. The van der Waals surface area contributed by atoms with Crippen LogP contribution in [-0.2, 0) is 14.0 Å². The van der Waals surface area contributed by atoms with E-state index in [2.05, 4.69) is 20.8 Å². The van der Waals surface area contributed by atoms with Crippen molar-refractivity contribution in [3.05, 3.63) is 0 Å². The van der Waals surface area contributed by atoms with Crippen molar-refractivity contribution in [2.45, 2.75) is 98.2 Å². The zero-order chi connectivity index (χ0) is 18.9. The Kier molecular flexibility index (Phi) is 6.31. The van der Waals surface area contributed by atoms with Crippen LogP contribution in [0.2, 0.25) is 18.1 Å². The highest BCUT2D eigenvalue weighted by molar-refractivity contribution is 6.73. The second-order valence-electron chi connectivity index (χ2n) is 8.78. The van der Waals surface area contributed by atoms with Gasteiger partial charge in [0.15, 0.2) is 8.32 Å². The lowest BCUT2D eigenvalue weighted by atomic mass is 9.77. The molecular weight excluding hydrogens is 322 g/mol. The Morgan fingerprint density at radius 1 is 1.04 bits per heavy atom. The molecule has 1 aliphatic rings. The van der Waals surface area contributed by atoms with Gasteiger partial charge in [-0.3, -0.25) is 4.79 Å². The molecule has 0 saturated carbocycles. The first-order valence-electron chi connectivity index (χ1n) is 9.05. The lowest BCUT2D eigenvalue weighted by Gasteiger charge is -2.53. The minimum absolute atomic E-state index is 0.253. The van der Waals surface area contributed by atoms with Gasteiger partial charge in [-0.15, -0.1) is 0 Å². The fourth-order valence-electron chi connectivity index (χ4n) is 3.20. The molecule has 1 fully saturated rings. The van der Waals surface area contributed by atoms with E-state index in [9.17, 15) is 9.59 Å². The molecule has 2 atom stereocenters. The predicted molar refractivity (Wildman–Crippen MR) is 98.4 cm³/mol. The molecule has 0 spiro atoms. The van der Waals surface area contributed by atoms with Gasteiger partial charge in [0.2, 0.25) is 0 Å². The van der Waals surface area contributed by atoms with Crippen LogP contribution in [-0.4, -0.2) is 43.0 Å². The van der Waals surface area contributed by atoms with E-state index >= 15 is 0 Å². The minimum Gasteiger partial charge on any atom is -0.443 e. The SMILES string of the molecule is CC[Si](CC)(CC)OC1C(=O)N(C(=O)OC(C)(C)C)C1C(C)(C)C. The molecule has 0 aromatic carbocycles. The molecule has 140 valence electrons. The molecule has 5 nitrogen and oxygen atoms in total. The standard InChI is InChI=1S/C18H35NO4Si/c1-10-24(11-2,12-3)23-13-14(17(4,5)6)19(15(13)20)16(21)22-18(7,8)9/h13-14H,10-12H2,1-9H3. The van der Waals surface area contributed by atoms with Crippen LogP contribution in [0.3, 0.4) is 0 Å². The molecule has 1 rings (SSSR count). The largest absolute Gasteiger partial charge is 0.443 e. The molecule has 24 heavy (non-hydrogen) atoms. The van der Waals surface area contributed by atoms with Gasteiger partial charge in [0.05, 0.1) is 6.04 Å². The van der Waals surface area contributed by atoms with Crippen LogP contribution in [0.1, 0.15) is 62.3 Å². The van der Waals surface area contributed by atoms with Gasteiger partial charge in [0, 0.05) is 0 Å². The van der Waals surface area contributed by atoms with Crippen LogP contribution >= 0.6 is 0 Å². The predicted octanol–water partition coefficient (Wildman–Crippen LogP) is 4.57. The van der Waals surface area contributed by atoms with E-state index < -0.39 is 26.1 Å². The summed E-state index contributed by atoms with van der Waals surface area (Å²) >= 11 is 0. The fraction of sp³-hybridized carbons (Fsp3) is 0.889. The number of hydrogen-bond donors (Lipinski definition) is 0. The highest BCUT2D eigenvalue weighted by atomic mass is 28.4. The Morgan fingerprint density at radius 2 is 1.50 bits per heavy atom. The quantitative estimate of drug-likeness (QED) is 0.534. The lowest BCUT2D eigenvalue weighted by molar-refractivity contribution is -0.170. The van der Waals surface area contributed by atoms with Crippen molar-refractivity contribution >= 4 is 20.3 Å². The summed E-state index contributed by atoms with van der Waals surface area (Å²) in [7, 11) is -1.92. The third-order valence-electron chi connectivity index (χ3n) is 4.83. The summed E-state index contributed by atoms with van der Waals surface area (Å²) in [5.74, 6) is -0.253. The van der Waals surface area contributed by atoms with Crippen LogP contribution in [0, 0.1) is 5.41 Å². The highest BCUT2D eigenvalue weighted by Crippen LogP contribution is 2.40. The van der Waals surface area contributed by atoms with Crippen LogP contribution in [0.4, 0.5) is 4.79 Å². The number of amides is 2. The molecule has 0 N–H and O–H groups in total. The molecule has 0 aliphatic carbocycles. The van der Waals surface area contributed by atoms with E-state index in [1.165, 1.54) is 4.90 Å². The Labute approximate surface area is 148 Å². The van der Waals surface area contributed by atoms with Gasteiger partial charge in [0.25, 0.3) is 5.91 Å². The van der Waals surface area contributed by atoms with Crippen molar-refractivity contribution in [2.24, 2.45) is 5.41 Å². The molecule has 1 heterocycles. The van der Waals surface area contributed by atoms with E-state index in [0.717, 1.165) is 18.1 Å². The number of carbonyl (C=O) groups is 2. The molecular formula is C18H35NO4Si. The van der Waals surface area contributed by atoms with Crippen molar-refractivity contribution in [1.82, 2.24) is 4.90 Å². The topological polar surface area (TPSA) is 55.8 Å². The lowest BCUT2D eigenvalue weighted by Crippen LogP contribution is -2.73. The van der Waals surface area contributed by atoms with Crippen LogP contribution in [0.15, 0.2) is 0 Å². The number of likely N-dealkylation sites (tertiary alicyclic amines) is 1. The van der Waals surface area contributed by atoms with E-state index in [0.29, 0.717) is 0 Å². The van der Waals surface area contributed by atoms with E-state index in [4.69, 9.17) is 9.16 Å². The summed E-state index contributed by atoms with van der Waals surface area (Å²) < 4.78 is 11.8. The summed E-state index contributed by atoms with van der Waals surface area (Å²) in [6.07, 6.45) is -1.09. The minimum atomic E-state index is -1.92. The molecule has 0 bridgehead atoms. The zero-order valence-electron chi connectivity index (χ0n) is 16.9. The third kappa shape index (κ3) is 4.39. The monoisotopic (exact) mass is 357 g/mol. The molecule has 1 saturated heterocycles. The van der Waals surface area contributed by atoms with E-state index in [-0.39, 0.29) is 17.4 Å². The summed E-state index contributed by atoms with van der Waals surface area (Å²) in [4.78, 5) is 26.4. The van der Waals surface area contributed by atoms with Crippen molar-refractivity contribution in [1.29, 1.82) is 0 Å². The van der Waals surface area contributed by atoms with Gasteiger partial charge in [0.1, 0.15) is 11.7 Å². The molecule has 0 aromatic heterocycles. The van der Waals surface area contributed by atoms with Crippen molar-refractivity contribution in [3.63, 3.8) is 0 Å². The Bertz CT molecular complexity index is 466. The first-order chi connectivity index (χ1) is 10.8. The summed E-state index contributed by atoms with van der Waals surface area (Å²) in [6.45, 7) is 17.9. The molecule has 2 unspecified atom stereocenters. The molecule has 6 heteroatoms. The number of nitrogens with zero attached hydrogens (tertiary/aromatic N) is 1. The third-order valence-corrected chi connectivity index (χ3v) is 9.45. The molecule has 0 aromatic rings. The second-order valence-corrected chi connectivity index (χ2v) is 13.5. The van der Waals surface area contributed by atoms with Gasteiger partial charge >= 0.3 is 6.09 Å². The fourth-order valence-corrected chi connectivity index (χ4v) is 5.97. The Morgan fingerprint density at radius 3 is 1.83 bits per heavy atom. The zero-order valence-corrected chi connectivity index (χ0v) is 17.9. The maximum Gasteiger partial charge on any atom is 0.417 e. The summed E-state index contributed by atoms with van der Waals surface area (Å²) in [5.41, 5.74) is -0.884. The van der Waals surface area contributed by atoms with Gasteiger partial charge < -0.3 is 9.16 Å². The molecule has 1 aliphatic heterocycles.